The Balaban J connectivity index is 1.75. The number of rotatable bonds is 8. The SMILES string of the molecule is C=N/C(NC1(C)CC1)=C(\C)C(C(=C)N(C)CC1=CC2CC(F)=CC=C2N1)=C(C)C. The van der Waals surface area contributed by atoms with Crippen molar-refractivity contribution in [2.45, 2.75) is 52.5 Å². The lowest BCUT2D eigenvalue weighted by molar-refractivity contribution is 0.456. The highest BCUT2D eigenvalue weighted by molar-refractivity contribution is 5.50. The standard InChI is InChI=1S/C24H33FN4/c1-15(2)22(16(3)23(26-6)28-24(5)10-11-24)17(4)29(7)14-20-13-18-12-19(25)8-9-21(18)27-20/h8-9,13,18,27-28H,4,6,10-12,14H2,1-3,5,7H3/b23-16-. The number of aliphatic imine (C=N–C) groups is 1. The summed E-state index contributed by atoms with van der Waals surface area (Å²) >= 11 is 0. The topological polar surface area (TPSA) is 39.7 Å². The maximum atomic E-state index is 13.6. The summed E-state index contributed by atoms with van der Waals surface area (Å²) in [6.45, 7) is 17.3. The maximum Gasteiger partial charge on any atom is 0.129 e. The van der Waals surface area contributed by atoms with E-state index in [1.807, 2.05) is 13.1 Å². The quantitative estimate of drug-likeness (QED) is 0.444. The minimum absolute atomic E-state index is 0.0651. The normalized spacial score (nSPS) is 22.1. The Morgan fingerprint density at radius 1 is 1.34 bits per heavy atom. The second kappa shape index (κ2) is 8.05. The molecule has 1 atom stereocenters. The van der Waals surface area contributed by atoms with E-state index in [2.05, 4.69) is 67.6 Å². The van der Waals surface area contributed by atoms with Crippen molar-refractivity contribution in [3.8, 4) is 0 Å². The van der Waals surface area contributed by atoms with Gasteiger partial charge in [0.15, 0.2) is 0 Å². The van der Waals surface area contributed by atoms with Crippen molar-refractivity contribution in [3.05, 3.63) is 70.3 Å². The molecular weight excluding hydrogens is 363 g/mol. The van der Waals surface area contributed by atoms with E-state index in [1.165, 1.54) is 5.57 Å². The zero-order valence-corrected chi connectivity index (χ0v) is 18.3. The third-order valence-corrected chi connectivity index (χ3v) is 5.93. The molecule has 1 unspecified atom stereocenters. The van der Waals surface area contributed by atoms with Crippen LogP contribution in [0, 0.1) is 5.92 Å². The van der Waals surface area contributed by atoms with Crippen molar-refractivity contribution in [2.75, 3.05) is 13.6 Å². The lowest BCUT2D eigenvalue weighted by Gasteiger charge is -2.27. The highest BCUT2D eigenvalue weighted by Gasteiger charge is 2.38. The van der Waals surface area contributed by atoms with E-state index in [1.54, 1.807) is 6.08 Å². The van der Waals surface area contributed by atoms with Crippen LogP contribution in [0.2, 0.25) is 0 Å². The van der Waals surface area contributed by atoms with Gasteiger partial charge < -0.3 is 15.5 Å². The fourth-order valence-corrected chi connectivity index (χ4v) is 3.93. The molecule has 1 fully saturated rings. The largest absolute Gasteiger partial charge is 0.369 e. The van der Waals surface area contributed by atoms with Gasteiger partial charge in [-0.05, 0) is 59.4 Å². The van der Waals surface area contributed by atoms with Gasteiger partial charge in [0, 0.05) is 53.2 Å². The molecule has 1 aliphatic heterocycles. The summed E-state index contributed by atoms with van der Waals surface area (Å²) < 4.78 is 13.6. The number of hydrogen-bond acceptors (Lipinski definition) is 4. The highest BCUT2D eigenvalue weighted by Crippen LogP contribution is 2.37. The van der Waals surface area contributed by atoms with E-state index >= 15 is 0 Å². The monoisotopic (exact) mass is 396 g/mol. The molecule has 0 amide bonds. The predicted octanol–water partition coefficient (Wildman–Crippen LogP) is 5.09. The highest BCUT2D eigenvalue weighted by atomic mass is 19.1. The van der Waals surface area contributed by atoms with E-state index in [9.17, 15) is 4.39 Å². The van der Waals surface area contributed by atoms with Crippen LogP contribution in [-0.4, -0.2) is 30.7 Å². The molecule has 1 saturated carbocycles. The van der Waals surface area contributed by atoms with Crippen LogP contribution in [0.25, 0.3) is 0 Å². The molecular formula is C24H33FN4. The Hall–Kier alpha value is -2.56. The van der Waals surface area contributed by atoms with Crippen LogP contribution in [-0.2, 0) is 0 Å². The molecule has 0 radical (unpaired) electrons. The van der Waals surface area contributed by atoms with Gasteiger partial charge in [0.25, 0.3) is 0 Å². The zero-order chi connectivity index (χ0) is 21.3. The molecule has 2 N–H and O–H groups in total. The molecule has 0 aromatic carbocycles. The number of likely N-dealkylation sites (N-methyl/N-ethyl adjacent to an activating group) is 1. The molecule has 29 heavy (non-hydrogen) atoms. The first-order valence-corrected chi connectivity index (χ1v) is 10.2. The summed E-state index contributed by atoms with van der Waals surface area (Å²) in [5.41, 5.74) is 6.54. The number of allylic oxidation sites excluding steroid dienone is 6. The van der Waals surface area contributed by atoms with Gasteiger partial charge in [-0.2, -0.15) is 0 Å². The molecule has 0 bridgehead atoms. The van der Waals surface area contributed by atoms with Gasteiger partial charge in [-0.25, -0.2) is 9.38 Å². The van der Waals surface area contributed by atoms with Crippen molar-refractivity contribution in [3.63, 3.8) is 0 Å². The van der Waals surface area contributed by atoms with Crippen LogP contribution in [0.5, 0.6) is 0 Å². The van der Waals surface area contributed by atoms with Crippen molar-refractivity contribution in [1.82, 2.24) is 15.5 Å². The minimum atomic E-state index is -0.0651. The summed E-state index contributed by atoms with van der Waals surface area (Å²) in [6.07, 6.45) is 8.24. The van der Waals surface area contributed by atoms with Gasteiger partial charge in [-0.1, -0.05) is 18.2 Å². The second-order valence-electron chi connectivity index (χ2n) is 8.86. The minimum Gasteiger partial charge on any atom is -0.369 e. The summed E-state index contributed by atoms with van der Waals surface area (Å²) in [5.74, 6) is 0.873. The molecule has 3 rings (SSSR count). The molecule has 2 aliphatic carbocycles. The number of nitrogens with one attached hydrogen (secondary N) is 2. The smallest absolute Gasteiger partial charge is 0.129 e. The second-order valence-corrected chi connectivity index (χ2v) is 8.86. The van der Waals surface area contributed by atoms with E-state index in [4.69, 9.17) is 0 Å². The Morgan fingerprint density at radius 2 is 2.03 bits per heavy atom. The molecule has 0 saturated heterocycles. The van der Waals surface area contributed by atoms with E-state index in [0.717, 1.165) is 46.9 Å². The van der Waals surface area contributed by atoms with E-state index in [-0.39, 0.29) is 17.3 Å². The van der Waals surface area contributed by atoms with Crippen molar-refractivity contribution >= 4 is 6.72 Å². The Kier molecular flexibility index (Phi) is 5.87. The maximum absolute atomic E-state index is 13.6. The van der Waals surface area contributed by atoms with Crippen LogP contribution < -0.4 is 10.6 Å². The van der Waals surface area contributed by atoms with Gasteiger partial charge >= 0.3 is 0 Å². The first-order chi connectivity index (χ1) is 13.6. The molecule has 3 aliphatic rings. The molecule has 0 spiro atoms. The fraction of sp³-hybridized carbons (Fsp3) is 0.458. The Labute approximate surface area is 174 Å². The van der Waals surface area contributed by atoms with E-state index < -0.39 is 0 Å². The van der Waals surface area contributed by atoms with Crippen LogP contribution >= 0.6 is 0 Å². The molecule has 5 heteroatoms. The predicted molar refractivity (Wildman–Crippen MR) is 120 cm³/mol. The third kappa shape index (κ3) is 4.72. The van der Waals surface area contributed by atoms with Gasteiger partial charge in [0.2, 0.25) is 0 Å². The lowest BCUT2D eigenvalue weighted by Crippen LogP contribution is -2.29. The average Bonchev–Trinajstić information content (AvgIpc) is 3.25. The molecule has 0 aromatic heterocycles. The van der Waals surface area contributed by atoms with Gasteiger partial charge in [-0.15, -0.1) is 0 Å². The van der Waals surface area contributed by atoms with Gasteiger partial charge in [0.05, 0.1) is 6.54 Å². The molecule has 1 heterocycles. The van der Waals surface area contributed by atoms with Crippen LogP contribution in [0.4, 0.5) is 4.39 Å². The first kappa shape index (κ1) is 21.2. The van der Waals surface area contributed by atoms with Gasteiger partial charge in [-0.3, -0.25) is 0 Å². The first-order valence-electron chi connectivity index (χ1n) is 10.2. The Morgan fingerprint density at radius 3 is 2.62 bits per heavy atom. The third-order valence-electron chi connectivity index (χ3n) is 5.93. The molecule has 0 aromatic rings. The summed E-state index contributed by atoms with van der Waals surface area (Å²) in [4.78, 5) is 6.40. The summed E-state index contributed by atoms with van der Waals surface area (Å²) in [6, 6.07) is 0. The van der Waals surface area contributed by atoms with E-state index in [0.29, 0.717) is 13.0 Å². The van der Waals surface area contributed by atoms with Crippen molar-refractivity contribution in [1.29, 1.82) is 0 Å². The zero-order valence-electron chi connectivity index (χ0n) is 18.3. The number of halogens is 1. The average molecular weight is 397 g/mol. The summed E-state index contributed by atoms with van der Waals surface area (Å²) in [7, 11) is 2.03. The number of fused-ring (bicyclic) bond motifs is 1. The van der Waals surface area contributed by atoms with Crippen LogP contribution in [0.3, 0.4) is 0 Å². The fourth-order valence-electron chi connectivity index (χ4n) is 3.93. The van der Waals surface area contributed by atoms with Crippen molar-refractivity contribution in [2.24, 2.45) is 10.9 Å². The van der Waals surface area contributed by atoms with Gasteiger partial charge in [0.1, 0.15) is 11.6 Å². The summed E-state index contributed by atoms with van der Waals surface area (Å²) in [5, 5.41) is 6.97. The van der Waals surface area contributed by atoms with Crippen LogP contribution in [0.1, 0.15) is 47.0 Å². The number of hydrogen-bond donors (Lipinski definition) is 2. The lowest BCUT2D eigenvalue weighted by atomic mass is 9.98. The Bertz CT molecular complexity index is 877. The van der Waals surface area contributed by atoms with Crippen molar-refractivity contribution < 1.29 is 4.39 Å². The molecule has 156 valence electrons. The number of nitrogens with zero attached hydrogens (tertiary/aromatic N) is 2. The van der Waals surface area contributed by atoms with Crippen LogP contribution in [0.15, 0.2) is 75.3 Å². The molecule has 4 nitrogen and oxygen atoms in total.